The van der Waals surface area contributed by atoms with Gasteiger partial charge in [-0.3, -0.25) is 4.79 Å². The van der Waals surface area contributed by atoms with E-state index in [1.165, 1.54) is 10.8 Å². The van der Waals surface area contributed by atoms with Crippen LogP contribution in [0.2, 0.25) is 0 Å². The summed E-state index contributed by atoms with van der Waals surface area (Å²) in [6.45, 7) is 2.46. The van der Waals surface area contributed by atoms with E-state index in [0.717, 1.165) is 17.1 Å². The molecular formula is C24H27N3O7. The van der Waals surface area contributed by atoms with Gasteiger partial charge in [-0.05, 0) is 29.8 Å². The van der Waals surface area contributed by atoms with Crippen LogP contribution in [0.1, 0.15) is 5.56 Å². The molecule has 0 amide bonds. The minimum absolute atomic E-state index is 0.00494. The Hall–Kier alpha value is -3.18. The summed E-state index contributed by atoms with van der Waals surface area (Å²) in [4.78, 5) is 16.6. The van der Waals surface area contributed by atoms with E-state index in [9.17, 15) is 9.90 Å². The smallest absolute Gasteiger partial charge is 0.269 e. The Kier molecular flexibility index (Phi) is 6.63. The summed E-state index contributed by atoms with van der Waals surface area (Å²) in [6.07, 6.45) is -0.636. The quantitative estimate of drug-likeness (QED) is 0.525. The lowest BCUT2D eigenvalue weighted by molar-refractivity contribution is -0.233. The van der Waals surface area contributed by atoms with Crippen LogP contribution in [0.25, 0.3) is 11.0 Å². The largest absolute Gasteiger partial charge is 0.497 e. The van der Waals surface area contributed by atoms with E-state index in [1.54, 1.807) is 25.3 Å². The van der Waals surface area contributed by atoms with Crippen LogP contribution in [0.3, 0.4) is 0 Å². The van der Waals surface area contributed by atoms with Crippen LogP contribution in [0.15, 0.2) is 47.4 Å². The molecule has 5 rings (SSSR count). The molecule has 0 bridgehead atoms. The normalized spacial score (nSPS) is 20.8. The zero-order valence-electron chi connectivity index (χ0n) is 18.8. The van der Waals surface area contributed by atoms with E-state index in [0.29, 0.717) is 49.8 Å². The Morgan fingerprint density at radius 2 is 1.94 bits per heavy atom. The first-order valence-electron chi connectivity index (χ1n) is 11.2. The minimum Gasteiger partial charge on any atom is -0.497 e. The van der Waals surface area contributed by atoms with Gasteiger partial charge in [0.1, 0.15) is 25.1 Å². The molecule has 1 saturated heterocycles. The van der Waals surface area contributed by atoms with Crippen LogP contribution in [-0.2, 0) is 22.6 Å². The SMILES string of the molecule is COc1ccc2ncc(=O)n(CC(O)C3OCC(NCc4ccc5c(c4)OCCO5)CO3)c2c1. The van der Waals surface area contributed by atoms with E-state index in [4.69, 9.17) is 23.7 Å². The third-order valence-corrected chi connectivity index (χ3v) is 5.86. The van der Waals surface area contributed by atoms with E-state index in [-0.39, 0.29) is 18.1 Å². The molecule has 0 aliphatic carbocycles. The molecule has 0 radical (unpaired) electrons. The Bertz CT molecular complexity index is 1210. The highest BCUT2D eigenvalue weighted by Gasteiger charge is 2.29. The van der Waals surface area contributed by atoms with Crippen LogP contribution in [0.4, 0.5) is 0 Å². The van der Waals surface area contributed by atoms with E-state index < -0.39 is 12.4 Å². The number of nitrogens with one attached hydrogen (secondary N) is 1. The molecule has 2 N–H and O–H groups in total. The van der Waals surface area contributed by atoms with Crippen molar-refractivity contribution in [1.82, 2.24) is 14.9 Å². The van der Waals surface area contributed by atoms with Crippen molar-refractivity contribution in [3.05, 3.63) is 58.5 Å². The second-order valence-corrected chi connectivity index (χ2v) is 8.22. The summed E-state index contributed by atoms with van der Waals surface area (Å²) in [5, 5.41) is 14.1. The fourth-order valence-corrected chi connectivity index (χ4v) is 4.05. The van der Waals surface area contributed by atoms with Gasteiger partial charge in [-0.15, -0.1) is 0 Å². The molecule has 180 valence electrons. The predicted octanol–water partition coefficient (Wildman–Crippen LogP) is 1.07. The number of aliphatic hydroxyl groups excluding tert-OH is 1. The number of aromatic nitrogens is 2. The van der Waals surface area contributed by atoms with Crippen molar-refractivity contribution in [1.29, 1.82) is 0 Å². The summed E-state index contributed by atoms with van der Waals surface area (Å²) in [7, 11) is 1.55. The van der Waals surface area contributed by atoms with Crippen LogP contribution in [0, 0.1) is 0 Å². The van der Waals surface area contributed by atoms with Crippen molar-refractivity contribution in [2.24, 2.45) is 0 Å². The number of fused-ring (bicyclic) bond motifs is 2. The van der Waals surface area contributed by atoms with E-state index in [1.807, 2.05) is 18.2 Å². The first-order chi connectivity index (χ1) is 16.6. The monoisotopic (exact) mass is 469 g/mol. The molecule has 3 heterocycles. The van der Waals surface area contributed by atoms with Gasteiger partial charge < -0.3 is 38.7 Å². The van der Waals surface area contributed by atoms with Gasteiger partial charge in [0.2, 0.25) is 0 Å². The van der Waals surface area contributed by atoms with Crippen molar-refractivity contribution in [3.63, 3.8) is 0 Å². The van der Waals surface area contributed by atoms with Crippen LogP contribution >= 0.6 is 0 Å². The molecule has 1 fully saturated rings. The van der Waals surface area contributed by atoms with Crippen LogP contribution in [-0.4, -0.2) is 66.6 Å². The van der Waals surface area contributed by atoms with Crippen LogP contribution in [0.5, 0.6) is 17.2 Å². The lowest BCUT2D eigenvalue weighted by Gasteiger charge is -2.33. The molecular weight excluding hydrogens is 442 g/mol. The highest BCUT2D eigenvalue weighted by molar-refractivity contribution is 5.76. The highest BCUT2D eigenvalue weighted by Crippen LogP contribution is 2.30. The third-order valence-electron chi connectivity index (χ3n) is 5.86. The molecule has 1 atom stereocenters. The molecule has 10 nitrogen and oxygen atoms in total. The molecule has 1 unspecified atom stereocenters. The van der Waals surface area contributed by atoms with Gasteiger partial charge in [-0.1, -0.05) is 6.07 Å². The second kappa shape index (κ2) is 9.98. The van der Waals surface area contributed by atoms with Crippen molar-refractivity contribution < 1.29 is 28.8 Å². The van der Waals surface area contributed by atoms with Crippen molar-refractivity contribution in [3.8, 4) is 17.2 Å². The van der Waals surface area contributed by atoms with Gasteiger partial charge in [0.05, 0.1) is 50.1 Å². The van der Waals surface area contributed by atoms with Gasteiger partial charge in [0.15, 0.2) is 17.8 Å². The molecule has 0 spiro atoms. The maximum absolute atomic E-state index is 12.5. The van der Waals surface area contributed by atoms with Gasteiger partial charge in [0, 0.05) is 12.6 Å². The number of rotatable bonds is 7. The van der Waals surface area contributed by atoms with Crippen molar-refractivity contribution >= 4 is 11.0 Å². The average molecular weight is 469 g/mol. The molecule has 2 aliphatic heterocycles. The Morgan fingerprint density at radius 3 is 2.74 bits per heavy atom. The predicted molar refractivity (Wildman–Crippen MR) is 122 cm³/mol. The summed E-state index contributed by atoms with van der Waals surface area (Å²) in [5.74, 6) is 2.11. The fourth-order valence-electron chi connectivity index (χ4n) is 4.05. The molecule has 2 aromatic carbocycles. The second-order valence-electron chi connectivity index (χ2n) is 8.22. The summed E-state index contributed by atoms with van der Waals surface area (Å²) in [5.41, 5.74) is 1.93. The topological polar surface area (TPSA) is 113 Å². The lowest BCUT2D eigenvalue weighted by Crippen LogP contribution is -2.49. The summed E-state index contributed by atoms with van der Waals surface area (Å²) < 4.78 is 29.4. The number of aliphatic hydroxyl groups is 1. The van der Waals surface area contributed by atoms with Crippen molar-refractivity contribution in [2.75, 3.05) is 33.5 Å². The van der Waals surface area contributed by atoms with E-state index >= 15 is 0 Å². The van der Waals surface area contributed by atoms with Gasteiger partial charge >= 0.3 is 0 Å². The first-order valence-corrected chi connectivity index (χ1v) is 11.2. The summed E-state index contributed by atoms with van der Waals surface area (Å²) in [6, 6.07) is 11.1. The molecule has 34 heavy (non-hydrogen) atoms. The van der Waals surface area contributed by atoms with Gasteiger partial charge in [-0.2, -0.15) is 0 Å². The Morgan fingerprint density at radius 1 is 1.15 bits per heavy atom. The number of hydrogen-bond donors (Lipinski definition) is 2. The highest BCUT2D eigenvalue weighted by atomic mass is 16.7. The summed E-state index contributed by atoms with van der Waals surface area (Å²) >= 11 is 0. The zero-order chi connectivity index (χ0) is 23.5. The molecule has 2 aliphatic rings. The van der Waals surface area contributed by atoms with Gasteiger partial charge in [0.25, 0.3) is 5.56 Å². The maximum Gasteiger partial charge on any atom is 0.269 e. The first kappa shape index (κ1) is 22.6. The third kappa shape index (κ3) is 4.85. The number of methoxy groups -OCH3 is 1. The zero-order valence-corrected chi connectivity index (χ0v) is 18.8. The standard InChI is InChI=1S/C24H27N3O7/c1-30-17-3-4-18-19(9-17)27(23(29)11-26-18)12-20(28)24-33-13-16(14-34-24)25-10-15-2-5-21-22(8-15)32-7-6-31-21/h2-5,8-9,11,16,20,24-25,28H,6-7,10,12-14H2,1H3. The number of hydrogen-bond acceptors (Lipinski definition) is 9. The van der Waals surface area contributed by atoms with Crippen molar-refractivity contribution in [2.45, 2.75) is 31.5 Å². The molecule has 0 saturated carbocycles. The number of ether oxygens (including phenoxy) is 5. The number of benzene rings is 2. The van der Waals surface area contributed by atoms with Gasteiger partial charge in [-0.25, -0.2) is 4.98 Å². The van der Waals surface area contributed by atoms with Crippen LogP contribution < -0.4 is 25.1 Å². The Labute approximate surface area is 196 Å². The lowest BCUT2D eigenvalue weighted by atomic mass is 10.1. The average Bonchev–Trinajstić information content (AvgIpc) is 2.89. The fraction of sp³-hybridized carbons (Fsp3) is 0.417. The number of nitrogens with zero attached hydrogens (tertiary/aromatic N) is 2. The van der Waals surface area contributed by atoms with E-state index in [2.05, 4.69) is 10.3 Å². The maximum atomic E-state index is 12.5. The molecule has 1 aromatic heterocycles. The molecule has 10 heteroatoms. The Balaban J connectivity index is 1.17. The minimum atomic E-state index is -1.03. The molecule has 3 aromatic rings.